The van der Waals surface area contributed by atoms with E-state index in [4.69, 9.17) is 9.47 Å². The molecule has 7 nitrogen and oxygen atoms in total. The number of hydrogen-bond acceptors (Lipinski definition) is 6. The quantitative estimate of drug-likeness (QED) is 0.242. The van der Waals surface area contributed by atoms with Crippen LogP contribution in [-0.4, -0.2) is 35.6 Å². The Kier molecular flexibility index (Phi) is 8.41. The van der Waals surface area contributed by atoms with Gasteiger partial charge < -0.3 is 19.4 Å². The van der Waals surface area contributed by atoms with E-state index in [1.807, 2.05) is 11.5 Å². The van der Waals surface area contributed by atoms with Crippen molar-refractivity contribution >= 4 is 45.1 Å². The first-order chi connectivity index (χ1) is 18.2. The number of aryl methyl sites for hydroxylation is 2. The topological polar surface area (TPSA) is 86.6 Å². The maximum absolute atomic E-state index is 13.9. The van der Waals surface area contributed by atoms with Crippen LogP contribution in [0.3, 0.4) is 0 Å². The highest BCUT2D eigenvalue weighted by molar-refractivity contribution is 7.17. The second kappa shape index (κ2) is 11.6. The lowest BCUT2D eigenvalue weighted by Crippen LogP contribution is -2.23. The van der Waals surface area contributed by atoms with Crippen LogP contribution in [0, 0.1) is 6.92 Å². The fraction of sp³-hybridized carbons (Fsp3) is 0.433. The number of hydrogen-bond donors (Lipinski definition) is 1. The number of nitrogens with one attached hydrogen (secondary N) is 1. The Morgan fingerprint density at radius 1 is 1.21 bits per heavy atom. The van der Waals surface area contributed by atoms with Gasteiger partial charge in [0.25, 0.3) is 5.91 Å². The molecule has 3 aromatic rings. The zero-order valence-corrected chi connectivity index (χ0v) is 23.6. The van der Waals surface area contributed by atoms with E-state index in [0.717, 1.165) is 34.2 Å². The predicted octanol–water partition coefficient (Wildman–Crippen LogP) is 6.73. The molecule has 1 amide bonds. The molecule has 1 aliphatic carbocycles. The minimum Gasteiger partial charge on any atom is -0.466 e. The zero-order valence-electron chi connectivity index (χ0n) is 22.8. The standard InChI is InChI=1S/C30H36N2O5S/c1-7-15-32-22-14-13-19(17(4)5)16-21(22)18(6)26(32)27(33)31-28-25(30(35)37-9-3)24-20(29(34)36-8-2)11-10-12-23(24)38-28/h7,13-14,16-17,20H,1,8-12,15H2,2-6H3,(H,31,33). The summed E-state index contributed by atoms with van der Waals surface area (Å²) in [6.07, 6.45) is 3.89. The number of ether oxygens (including phenoxy) is 2. The molecular weight excluding hydrogens is 500 g/mol. The van der Waals surface area contributed by atoms with Gasteiger partial charge in [-0.3, -0.25) is 9.59 Å². The molecule has 1 atom stereocenters. The van der Waals surface area contributed by atoms with E-state index >= 15 is 0 Å². The third-order valence-corrected chi connectivity index (χ3v) is 8.26. The van der Waals surface area contributed by atoms with Crippen LogP contribution in [0.15, 0.2) is 30.9 Å². The van der Waals surface area contributed by atoms with Crippen LogP contribution in [0.4, 0.5) is 5.00 Å². The molecule has 8 heteroatoms. The molecule has 2 aromatic heterocycles. The molecule has 1 aromatic carbocycles. The molecule has 0 radical (unpaired) electrons. The summed E-state index contributed by atoms with van der Waals surface area (Å²) in [5.41, 5.74) is 4.44. The van der Waals surface area contributed by atoms with Gasteiger partial charge in [0.15, 0.2) is 0 Å². The van der Waals surface area contributed by atoms with Crippen molar-refractivity contribution < 1.29 is 23.9 Å². The molecular formula is C30H36N2O5S. The summed E-state index contributed by atoms with van der Waals surface area (Å²) in [5.74, 6) is -1.40. The van der Waals surface area contributed by atoms with Crippen LogP contribution in [0.25, 0.3) is 10.9 Å². The molecule has 0 spiro atoms. The fourth-order valence-electron chi connectivity index (χ4n) is 5.30. The lowest BCUT2D eigenvalue weighted by molar-refractivity contribution is -0.145. The van der Waals surface area contributed by atoms with Crippen molar-refractivity contribution in [3.63, 3.8) is 0 Å². The van der Waals surface area contributed by atoms with Crippen LogP contribution in [0.2, 0.25) is 0 Å². The molecule has 0 saturated heterocycles. The molecule has 38 heavy (non-hydrogen) atoms. The Balaban J connectivity index is 1.82. The number of allylic oxidation sites excluding steroid dienone is 1. The number of aromatic nitrogens is 1. The second-order valence-electron chi connectivity index (χ2n) is 9.82. The van der Waals surface area contributed by atoms with Crippen LogP contribution in [0.1, 0.15) is 94.8 Å². The van der Waals surface area contributed by atoms with Gasteiger partial charge >= 0.3 is 11.9 Å². The van der Waals surface area contributed by atoms with Crippen molar-refractivity contribution in [3.05, 3.63) is 63.7 Å². The lowest BCUT2D eigenvalue weighted by Gasteiger charge is -2.22. The van der Waals surface area contributed by atoms with Gasteiger partial charge in [0.1, 0.15) is 10.7 Å². The number of fused-ring (bicyclic) bond motifs is 2. The summed E-state index contributed by atoms with van der Waals surface area (Å²) in [7, 11) is 0. The molecule has 1 unspecified atom stereocenters. The minimum absolute atomic E-state index is 0.186. The summed E-state index contributed by atoms with van der Waals surface area (Å²) >= 11 is 1.35. The summed E-state index contributed by atoms with van der Waals surface area (Å²) in [5, 5.41) is 4.45. The Morgan fingerprint density at radius 3 is 2.61 bits per heavy atom. The van der Waals surface area contributed by atoms with Crippen molar-refractivity contribution in [1.29, 1.82) is 0 Å². The third-order valence-electron chi connectivity index (χ3n) is 7.08. The summed E-state index contributed by atoms with van der Waals surface area (Å²) in [4.78, 5) is 40.8. The van der Waals surface area contributed by atoms with Gasteiger partial charge in [0, 0.05) is 22.3 Å². The van der Waals surface area contributed by atoms with E-state index in [1.54, 1.807) is 19.9 Å². The van der Waals surface area contributed by atoms with Crippen LogP contribution < -0.4 is 5.32 Å². The molecule has 2 heterocycles. The van der Waals surface area contributed by atoms with E-state index in [1.165, 1.54) is 16.9 Å². The average Bonchev–Trinajstić information content (AvgIpc) is 3.38. The van der Waals surface area contributed by atoms with E-state index in [-0.39, 0.29) is 30.7 Å². The van der Waals surface area contributed by atoms with Gasteiger partial charge in [-0.2, -0.15) is 0 Å². The van der Waals surface area contributed by atoms with E-state index in [9.17, 15) is 14.4 Å². The number of anilines is 1. The van der Waals surface area contributed by atoms with Crippen molar-refractivity contribution in [2.24, 2.45) is 0 Å². The number of nitrogens with zero attached hydrogens (tertiary/aromatic N) is 1. The van der Waals surface area contributed by atoms with Gasteiger partial charge in [-0.25, -0.2) is 4.79 Å². The lowest BCUT2D eigenvalue weighted by atomic mass is 9.85. The van der Waals surface area contributed by atoms with Crippen molar-refractivity contribution in [1.82, 2.24) is 4.57 Å². The first kappa shape index (κ1) is 27.6. The smallest absolute Gasteiger partial charge is 0.341 e. The van der Waals surface area contributed by atoms with E-state index < -0.39 is 11.9 Å². The van der Waals surface area contributed by atoms with Crippen LogP contribution in [0.5, 0.6) is 0 Å². The van der Waals surface area contributed by atoms with Gasteiger partial charge in [-0.05, 0) is 74.8 Å². The number of rotatable bonds is 9. The zero-order chi connectivity index (χ0) is 27.6. The molecule has 4 rings (SSSR count). The van der Waals surface area contributed by atoms with E-state index in [0.29, 0.717) is 35.1 Å². The highest BCUT2D eigenvalue weighted by Crippen LogP contribution is 2.45. The second-order valence-corrected chi connectivity index (χ2v) is 10.9. The third kappa shape index (κ3) is 5.01. The number of esters is 2. The fourth-order valence-corrected chi connectivity index (χ4v) is 6.59. The molecule has 0 saturated carbocycles. The number of benzene rings is 1. The molecule has 202 valence electrons. The molecule has 0 bridgehead atoms. The Hall–Kier alpha value is -3.39. The van der Waals surface area contributed by atoms with Crippen molar-refractivity contribution in [2.45, 2.75) is 72.3 Å². The highest BCUT2D eigenvalue weighted by atomic mass is 32.1. The SMILES string of the molecule is C=CCn1c(C(=O)Nc2sc3c(c2C(=O)OCC)C(C(=O)OCC)CCC3)c(C)c2cc(C(C)C)ccc21. The van der Waals surface area contributed by atoms with E-state index in [2.05, 4.69) is 43.9 Å². The summed E-state index contributed by atoms with van der Waals surface area (Å²) in [6, 6.07) is 6.29. The Morgan fingerprint density at radius 2 is 1.95 bits per heavy atom. The minimum atomic E-state index is -0.552. The summed E-state index contributed by atoms with van der Waals surface area (Å²) in [6.45, 7) is 14.5. The average molecular weight is 537 g/mol. The summed E-state index contributed by atoms with van der Waals surface area (Å²) < 4.78 is 12.7. The van der Waals surface area contributed by atoms with Crippen LogP contribution in [-0.2, 0) is 27.2 Å². The number of amides is 1. The first-order valence-corrected chi connectivity index (χ1v) is 14.1. The maximum atomic E-state index is 13.9. The van der Waals surface area contributed by atoms with Gasteiger partial charge in [-0.1, -0.05) is 26.0 Å². The molecule has 0 aliphatic heterocycles. The Bertz CT molecular complexity index is 1400. The van der Waals surface area contributed by atoms with Crippen molar-refractivity contribution in [2.75, 3.05) is 18.5 Å². The number of thiophene rings is 1. The van der Waals surface area contributed by atoms with Gasteiger partial charge in [0.05, 0.1) is 24.7 Å². The molecule has 0 fully saturated rings. The van der Waals surface area contributed by atoms with Gasteiger partial charge in [-0.15, -0.1) is 17.9 Å². The normalized spacial score (nSPS) is 14.8. The van der Waals surface area contributed by atoms with Crippen LogP contribution >= 0.6 is 11.3 Å². The number of carbonyl (C=O) groups is 3. The first-order valence-electron chi connectivity index (χ1n) is 13.3. The molecule has 1 aliphatic rings. The van der Waals surface area contributed by atoms with Gasteiger partial charge in [0.2, 0.25) is 0 Å². The van der Waals surface area contributed by atoms with Crippen molar-refractivity contribution in [3.8, 4) is 0 Å². The Labute approximate surface area is 227 Å². The maximum Gasteiger partial charge on any atom is 0.341 e. The molecule has 1 N–H and O–H groups in total. The monoisotopic (exact) mass is 536 g/mol. The predicted molar refractivity (Wildman–Crippen MR) is 152 cm³/mol. The highest BCUT2D eigenvalue weighted by Gasteiger charge is 2.37. The number of carbonyl (C=O) groups excluding carboxylic acids is 3. The largest absolute Gasteiger partial charge is 0.466 e.